The van der Waals surface area contributed by atoms with Crippen LogP contribution in [0.3, 0.4) is 0 Å². The molecule has 1 aromatic rings. The molecule has 0 atom stereocenters. The molecule has 1 aromatic heterocycles. The molecule has 0 aromatic carbocycles. The molecule has 2 heterocycles. The molecular weight excluding hydrogens is 242 g/mol. The monoisotopic (exact) mass is 263 g/mol. The maximum Gasteiger partial charge on any atom is 0.410 e. The number of carbonyl (C=O) groups excluding carboxylic acids is 1. The van der Waals surface area contributed by atoms with Crippen molar-refractivity contribution >= 4 is 6.09 Å². The molecule has 0 unspecified atom stereocenters. The zero-order chi connectivity index (χ0) is 13.8. The van der Waals surface area contributed by atoms with Gasteiger partial charge in [0.2, 0.25) is 0 Å². The highest BCUT2D eigenvalue weighted by molar-refractivity contribution is 5.69. The van der Waals surface area contributed by atoms with Crippen molar-refractivity contribution in [3.8, 4) is 0 Å². The van der Waals surface area contributed by atoms with E-state index in [0.717, 1.165) is 25.1 Å². The Bertz CT molecular complexity index is 523. The number of rotatable bonds is 0. The van der Waals surface area contributed by atoms with E-state index in [2.05, 4.69) is 10.2 Å². The Morgan fingerprint density at radius 1 is 1.42 bits per heavy atom. The van der Waals surface area contributed by atoms with Crippen LogP contribution in [0, 0.1) is 6.92 Å². The number of carbonyl (C=O) groups is 1. The van der Waals surface area contributed by atoms with Gasteiger partial charge < -0.3 is 9.64 Å². The topological polar surface area (TPSA) is 58.2 Å². The van der Waals surface area contributed by atoms with E-state index in [0.29, 0.717) is 6.54 Å². The molecule has 104 valence electrons. The van der Waals surface area contributed by atoms with Crippen LogP contribution in [0.1, 0.15) is 50.6 Å². The lowest BCUT2D eigenvalue weighted by atomic mass is 9.92. The second-order valence-electron chi connectivity index (χ2n) is 6.79. The van der Waals surface area contributed by atoms with E-state index in [1.165, 1.54) is 11.3 Å². The van der Waals surface area contributed by atoms with Crippen LogP contribution in [0.2, 0.25) is 0 Å². The molecule has 3 rings (SSSR count). The SMILES string of the molecule is Cc1[nH]nc2c1CN(C(=O)OC(C)(C)C)CC21CC1. The van der Waals surface area contributed by atoms with Gasteiger partial charge in [0.15, 0.2) is 0 Å². The fraction of sp³-hybridized carbons (Fsp3) is 0.714. The number of amides is 1. The Morgan fingerprint density at radius 2 is 2.11 bits per heavy atom. The number of H-pyrrole nitrogens is 1. The van der Waals surface area contributed by atoms with E-state index in [4.69, 9.17) is 4.74 Å². The average Bonchev–Trinajstić information content (AvgIpc) is 2.94. The Balaban J connectivity index is 1.84. The summed E-state index contributed by atoms with van der Waals surface area (Å²) in [5.41, 5.74) is 3.06. The van der Waals surface area contributed by atoms with E-state index in [-0.39, 0.29) is 11.5 Å². The van der Waals surface area contributed by atoms with E-state index in [1.54, 1.807) is 0 Å². The Kier molecular flexibility index (Phi) is 2.46. The third-order valence-corrected chi connectivity index (χ3v) is 3.92. The van der Waals surface area contributed by atoms with Crippen LogP contribution >= 0.6 is 0 Å². The van der Waals surface area contributed by atoms with Crippen LogP contribution in [-0.4, -0.2) is 33.3 Å². The van der Waals surface area contributed by atoms with Gasteiger partial charge in [-0.05, 0) is 40.5 Å². The van der Waals surface area contributed by atoms with Crippen LogP contribution < -0.4 is 0 Å². The lowest BCUT2D eigenvalue weighted by Gasteiger charge is -2.34. The standard InChI is InChI=1S/C14H21N3O2/c1-9-10-7-17(12(18)19-13(2,3)4)8-14(5-6-14)11(10)16-15-9/h5-8H2,1-4H3,(H,15,16). The first-order valence-electron chi connectivity index (χ1n) is 6.83. The van der Waals surface area contributed by atoms with Crippen molar-refractivity contribution in [3.63, 3.8) is 0 Å². The first-order chi connectivity index (χ1) is 8.81. The second-order valence-corrected chi connectivity index (χ2v) is 6.79. The van der Waals surface area contributed by atoms with Crippen molar-refractivity contribution in [2.75, 3.05) is 6.54 Å². The summed E-state index contributed by atoms with van der Waals surface area (Å²) in [6, 6.07) is 0. The number of nitrogens with one attached hydrogen (secondary N) is 1. The predicted molar refractivity (Wildman–Crippen MR) is 70.9 cm³/mol. The zero-order valence-corrected chi connectivity index (χ0v) is 12.0. The highest BCUT2D eigenvalue weighted by Crippen LogP contribution is 2.52. The minimum absolute atomic E-state index is 0.0925. The summed E-state index contributed by atoms with van der Waals surface area (Å²) in [5.74, 6) is 0. The van der Waals surface area contributed by atoms with E-state index in [9.17, 15) is 4.79 Å². The fourth-order valence-electron chi connectivity index (χ4n) is 2.77. The van der Waals surface area contributed by atoms with Crippen LogP contribution in [0.15, 0.2) is 0 Å². The summed E-state index contributed by atoms with van der Waals surface area (Å²) in [4.78, 5) is 14.1. The van der Waals surface area contributed by atoms with Gasteiger partial charge in [-0.25, -0.2) is 4.79 Å². The quantitative estimate of drug-likeness (QED) is 0.782. The Hall–Kier alpha value is -1.52. The molecule has 0 radical (unpaired) electrons. The normalized spacial score (nSPS) is 20.3. The molecule has 2 aliphatic rings. The third kappa shape index (κ3) is 2.11. The van der Waals surface area contributed by atoms with Gasteiger partial charge in [0.1, 0.15) is 5.60 Å². The molecule has 5 heteroatoms. The molecule has 0 saturated heterocycles. The average molecular weight is 263 g/mol. The number of ether oxygens (including phenoxy) is 1. The summed E-state index contributed by atoms with van der Waals surface area (Å²) in [7, 11) is 0. The number of nitrogens with zero attached hydrogens (tertiary/aromatic N) is 2. The van der Waals surface area contributed by atoms with Gasteiger partial charge in [0.25, 0.3) is 0 Å². The largest absolute Gasteiger partial charge is 0.444 e. The number of hydrogen-bond donors (Lipinski definition) is 1. The molecule has 1 aliphatic carbocycles. The summed E-state index contributed by atoms with van der Waals surface area (Å²) in [6.45, 7) is 9.05. The van der Waals surface area contributed by atoms with Gasteiger partial charge in [0.05, 0.1) is 12.2 Å². The van der Waals surface area contributed by atoms with E-state index >= 15 is 0 Å². The van der Waals surface area contributed by atoms with Gasteiger partial charge in [0, 0.05) is 23.2 Å². The molecule has 5 nitrogen and oxygen atoms in total. The first kappa shape index (κ1) is 12.5. The minimum Gasteiger partial charge on any atom is -0.444 e. The molecule has 1 fully saturated rings. The Labute approximate surface area is 113 Å². The van der Waals surface area contributed by atoms with E-state index in [1.807, 2.05) is 32.6 Å². The van der Waals surface area contributed by atoms with Crippen LogP contribution in [0.5, 0.6) is 0 Å². The maximum absolute atomic E-state index is 12.2. The smallest absolute Gasteiger partial charge is 0.410 e. The zero-order valence-electron chi connectivity index (χ0n) is 12.0. The van der Waals surface area contributed by atoms with Crippen molar-refractivity contribution in [2.24, 2.45) is 0 Å². The van der Waals surface area contributed by atoms with Crippen molar-refractivity contribution in [2.45, 2.75) is 58.1 Å². The molecule has 1 saturated carbocycles. The van der Waals surface area contributed by atoms with E-state index < -0.39 is 5.60 Å². The second kappa shape index (κ2) is 3.74. The summed E-state index contributed by atoms with van der Waals surface area (Å²) >= 11 is 0. The highest BCUT2D eigenvalue weighted by Gasteiger charge is 2.52. The van der Waals surface area contributed by atoms with Crippen molar-refractivity contribution < 1.29 is 9.53 Å². The lowest BCUT2D eigenvalue weighted by molar-refractivity contribution is 0.0195. The number of hydrogen-bond acceptors (Lipinski definition) is 3. The maximum atomic E-state index is 12.2. The lowest BCUT2D eigenvalue weighted by Crippen LogP contribution is -2.44. The Morgan fingerprint density at radius 3 is 2.68 bits per heavy atom. The van der Waals surface area contributed by atoms with Gasteiger partial charge >= 0.3 is 6.09 Å². The van der Waals surface area contributed by atoms with Gasteiger partial charge in [-0.15, -0.1) is 0 Å². The first-order valence-corrected chi connectivity index (χ1v) is 6.83. The van der Waals surface area contributed by atoms with Crippen LogP contribution in [0.25, 0.3) is 0 Å². The van der Waals surface area contributed by atoms with Crippen LogP contribution in [-0.2, 0) is 16.7 Å². The van der Waals surface area contributed by atoms with Gasteiger partial charge in [-0.3, -0.25) is 5.10 Å². The van der Waals surface area contributed by atoms with Gasteiger partial charge in [-0.2, -0.15) is 5.10 Å². The highest BCUT2D eigenvalue weighted by atomic mass is 16.6. The molecule has 1 N–H and O–H groups in total. The molecule has 0 bridgehead atoms. The summed E-state index contributed by atoms with van der Waals surface area (Å²) < 4.78 is 5.49. The molecule has 1 spiro atoms. The predicted octanol–water partition coefficient (Wildman–Crippen LogP) is 2.50. The minimum atomic E-state index is -0.445. The molecular formula is C14H21N3O2. The number of fused-ring (bicyclic) bond motifs is 2. The summed E-state index contributed by atoms with van der Waals surface area (Å²) in [5, 5.41) is 7.49. The number of aryl methyl sites for hydroxylation is 1. The number of aromatic nitrogens is 2. The molecule has 19 heavy (non-hydrogen) atoms. The third-order valence-electron chi connectivity index (χ3n) is 3.92. The van der Waals surface area contributed by atoms with Crippen LogP contribution in [0.4, 0.5) is 4.79 Å². The molecule has 1 aliphatic heterocycles. The fourth-order valence-corrected chi connectivity index (χ4v) is 2.77. The van der Waals surface area contributed by atoms with Gasteiger partial charge in [-0.1, -0.05) is 0 Å². The number of aromatic amines is 1. The molecule has 1 amide bonds. The summed E-state index contributed by atoms with van der Waals surface area (Å²) in [6.07, 6.45) is 2.01. The van der Waals surface area contributed by atoms with Crippen molar-refractivity contribution in [1.82, 2.24) is 15.1 Å². The van der Waals surface area contributed by atoms with Crippen molar-refractivity contribution in [3.05, 3.63) is 17.0 Å². The van der Waals surface area contributed by atoms with Crippen molar-refractivity contribution in [1.29, 1.82) is 0 Å².